The first kappa shape index (κ1) is 18.2. The number of pyridine rings is 1. The van der Waals surface area contributed by atoms with Gasteiger partial charge in [0.1, 0.15) is 5.52 Å². The van der Waals surface area contributed by atoms with Crippen LogP contribution >= 0.6 is 0 Å². The Hall–Kier alpha value is -3.22. The van der Waals surface area contributed by atoms with Crippen molar-refractivity contribution < 1.29 is 13.7 Å². The van der Waals surface area contributed by atoms with Gasteiger partial charge in [-0.05, 0) is 37.1 Å². The molecule has 4 rings (SSSR count). The molecular formula is C21H22N4O3. The number of nitrogens with one attached hydrogen (secondary N) is 1. The van der Waals surface area contributed by atoms with E-state index in [2.05, 4.69) is 20.4 Å². The highest BCUT2D eigenvalue weighted by Gasteiger charge is 2.20. The molecule has 0 unspecified atom stereocenters. The topological polar surface area (TPSA) is 94.0 Å². The van der Waals surface area contributed by atoms with E-state index in [9.17, 15) is 4.79 Å². The van der Waals surface area contributed by atoms with Gasteiger partial charge in [0.15, 0.2) is 11.5 Å². The van der Waals surface area contributed by atoms with E-state index in [0.717, 1.165) is 5.69 Å². The summed E-state index contributed by atoms with van der Waals surface area (Å²) >= 11 is 0. The van der Waals surface area contributed by atoms with E-state index < -0.39 is 0 Å². The van der Waals surface area contributed by atoms with Crippen molar-refractivity contribution in [1.82, 2.24) is 15.1 Å². The molecule has 7 heteroatoms. The van der Waals surface area contributed by atoms with Crippen LogP contribution < -0.4 is 5.32 Å². The van der Waals surface area contributed by atoms with Gasteiger partial charge in [-0.25, -0.2) is 9.97 Å². The highest BCUT2D eigenvalue weighted by atomic mass is 16.5. The number of amides is 1. The molecule has 0 aliphatic heterocycles. The van der Waals surface area contributed by atoms with E-state index in [0.29, 0.717) is 45.0 Å². The number of aryl methyl sites for hydroxylation is 1. The maximum Gasteiger partial charge on any atom is 0.259 e. The van der Waals surface area contributed by atoms with Crippen LogP contribution in [0.3, 0.4) is 0 Å². The second-order valence-electron chi connectivity index (χ2n) is 7.54. The largest absolute Gasteiger partial charge is 0.440 e. The van der Waals surface area contributed by atoms with E-state index >= 15 is 0 Å². The molecule has 3 heterocycles. The van der Waals surface area contributed by atoms with E-state index in [1.54, 1.807) is 19.1 Å². The van der Waals surface area contributed by atoms with Crippen LogP contribution in [0.4, 0.5) is 5.69 Å². The maximum atomic E-state index is 13.1. The van der Waals surface area contributed by atoms with Gasteiger partial charge >= 0.3 is 0 Å². The molecule has 0 saturated carbocycles. The Morgan fingerprint density at radius 3 is 2.57 bits per heavy atom. The molecule has 0 spiro atoms. The SMILES string of the molecule is Cc1noc2nc(C(C)C)cc(C(=O)Nc3ccc4oc(C(C)C)nc4c3)c12. The molecule has 1 N–H and O–H groups in total. The van der Waals surface area contributed by atoms with E-state index in [1.165, 1.54) is 0 Å². The van der Waals surface area contributed by atoms with Crippen LogP contribution in [0.15, 0.2) is 33.2 Å². The van der Waals surface area contributed by atoms with Crippen molar-refractivity contribution in [2.24, 2.45) is 0 Å². The van der Waals surface area contributed by atoms with Gasteiger partial charge in [-0.15, -0.1) is 0 Å². The van der Waals surface area contributed by atoms with Gasteiger partial charge in [-0.2, -0.15) is 0 Å². The summed E-state index contributed by atoms with van der Waals surface area (Å²) in [5.41, 5.74) is 4.35. The lowest BCUT2D eigenvalue weighted by Gasteiger charge is -2.09. The van der Waals surface area contributed by atoms with E-state index in [-0.39, 0.29) is 17.7 Å². The Morgan fingerprint density at radius 1 is 1.07 bits per heavy atom. The third kappa shape index (κ3) is 3.13. The molecule has 1 aromatic carbocycles. The number of carbonyl (C=O) groups is 1. The van der Waals surface area contributed by atoms with Crippen molar-refractivity contribution in [3.63, 3.8) is 0 Å². The normalized spacial score (nSPS) is 11.8. The zero-order chi connectivity index (χ0) is 20.0. The average Bonchev–Trinajstić information content (AvgIpc) is 3.24. The number of carbonyl (C=O) groups excluding carboxylic acids is 1. The second kappa shape index (κ2) is 6.74. The molecule has 4 aromatic rings. The third-order valence-corrected chi connectivity index (χ3v) is 4.63. The summed E-state index contributed by atoms with van der Waals surface area (Å²) in [7, 11) is 0. The number of fused-ring (bicyclic) bond motifs is 2. The van der Waals surface area contributed by atoms with Crippen molar-refractivity contribution in [3.05, 3.63) is 47.1 Å². The zero-order valence-electron chi connectivity index (χ0n) is 16.5. The standard InChI is InChI=1S/C21H22N4O3/c1-10(2)15-9-14(18-12(5)25-28-21(18)23-15)19(26)22-13-6-7-17-16(8-13)24-20(27-17)11(3)4/h6-11H,1-5H3,(H,22,26). The fraction of sp³-hybridized carbons (Fsp3) is 0.333. The van der Waals surface area contributed by atoms with Crippen molar-refractivity contribution in [1.29, 1.82) is 0 Å². The number of anilines is 1. The smallest absolute Gasteiger partial charge is 0.259 e. The molecule has 0 fully saturated rings. The molecular weight excluding hydrogens is 356 g/mol. The minimum absolute atomic E-state index is 0.155. The number of benzene rings is 1. The van der Waals surface area contributed by atoms with Crippen LogP contribution in [0.2, 0.25) is 0 Å². The lowest BCUT2D eigenvalue weighted by Crippen LogP contribution is -2.13. The molecule has 1 amide bonds. The van der Waals surface area contributed by atoms with Crippen molar-refractivity contribution in [2.75, 3.05) is 5.32 Å². The summed E-state index contributed by atoms with van der Waals surface area (Å²) < 4.78 is 11.0. The summed E-state index contributed by atoms with van der Waals surface area (Å²) in [5.74, 6) is 0.785. The van der Waals surface area contributed by atoms with E-state index in [4.69, 9.17) is 8.94 Å². The Labute approximate surface area is 162 Å². The first-order valence-electron chi connectivity index (χ1n) is 9.32. The summed E-state index contributed by atoms with van der Waals surface area (Å²) in [6.07, 6.45) is 0. The molecule has 144 valence electrons. The monoisotopic (exact) mass is 378 g/mol. The Kier molecular flexibility index (Phi) is 4.37. The Morgan fingerprint density at radius 2 is 1.86 bits per heavy atom. The van der Waals surface area contributed by atoms with Crippen LogP contribution in [0.25, 0.3) is 22.2 Å². The van der Waals surface area contributed by atoms with Gasteiger partial charge in [0, 0.05) is 17.3 Å². The number of aromatic nitrogens is 3. The molecule has 0 aliphatic carbocycles. The fourth-order valence-electron chi connectivity index (χ4n) is 3.06. The number of nitrogens with zero attached hydrogens (tertiary/aromatic N) is 3. The summed E-state index contributed by atoms with van der Waals surface area (Å²) in [5, 5.41) is 7.54. The highest BCUT2D eigenvalue weighted by molar-refractivity contribution is 6.12. The van der Waals surface area contributed by atoms with Gasteiger partial charge in [-0.1, -0.05) is 32.9 Å². The number of rotatable bonds is 4. The minimum atomic E-state index is -0.243. The molecule has 0 saturated heterocycles. The molecule has 0 bridgehead atoms. The highest BCUT2D eigenvalue weighted by Crippen LogP contribution is 2.27. The third-order valence-electron chi connectivity index (χ3n) is 4.63. The van der Waals surface area contributed by atoms with Crippen LogP contribution in [-0.2, 0) is 0 Å². The van der Waals surface area contributed by atoms with Gasteiger partial charge in [0.05, 0.1) is 16.6 Å². The molecule has 3 aromatic heterocycles. The van der Waals surface area contributed by atoms with Crippen LogP contribution in [0.1, 0.15) is 67.2 Å². The van der Waals surface area contributed by atoms with Gasteiger partial charge in [-0.3, -0.25) is 4.79 Å². The molecule has 0 aliphatic rings. The first-order valence-corrected chi connectivity index (χ1v) is 9.32. The predicted molar refractivity (Wildman–Crippen MR) is 107 cm³/mol. The van der Waals surface area contributed by atoms with Gasteiger partial charge in [0.25, 0.3) is 11.6 Å². The predicted octanol–water partition coefficient (Wildman–Crippen LogP) is 5.17. The molecule has 28 heavy (non-hydrogen) atoms. The van der Waals surface area contributed by atoms with Gasteiger partial charge < -0.3 is 14.3 Å². The molecule has 7 nitrogen and oxygen atoms in total. The second-order valence-corrected chi connectivity index (χ2v) is 7.54. The van der Waals surface area contributed by atoms with Crippen LogP contribution in [0, 0.1) is 6.92 Å². The number of hydrogen-bond acceptors (Lipinski definition) is 6. The van der Waals surface area contributed by atoms with Gasteiger partial charge in [0.2, 0.25) is 0 Å². The van der Waals surface area contributed by atoms with E-state index in [1.807, 2.05) is 39.8 Å². The average molecular weight is 378 g/mol. The van der Waals surface area contributed by atoms with Crippen molar-refractivity contribution in [3.8, 4) is 0 Å². The van der Waals surface area contributed by atoms with Crippen LogP contribution in [-0.4, -0.2) is 21.0 Å². The zero-order valence-corrected chi connectivity index (χ0v) is 16.5. The van der Waals surface area contributed by atoms with Crippen LogP contribution in [0.5, 0.6) is 0 Å². The van der Waals surface area contributed by atoms with Crippen molar-refractivity contribution in [2.45, 2.75) is 46.5 Å². The fourth-order valence-corrected chi connectivity index (χ4v) is 3.06. The Bertz CT molecular complexity index is 1190. The summed E-state index contributed by atoms with van der Waals surface area (Å²) in [4.78, 5) is 22.0. The summed E-state index contributed by atoms with van der Waals surface area (Å²) in [6, 6.07) is 7.23. The lowest BCUT2D eigenvalue weighted by molar-refractivity contribution is 0.102. The number of hydrogen-bond donors (Lipinski definition) is 1. The molecule has 0 radical (unpaired) electrons. The van der Waals surface area contributed by atoms with Crippen molar-refractivity contribution >= 4 is 33.8 Å². The number of oxazole rings is 1. The lowest BCUT2D eigenvalue weighted by atomic mass is 10.0. The Balaban J connectivity index is 1.72. The minimum Gasteiger partial charge on any atom is -0.440 e. The quantitative estimate of drug-likeness (QED) is 0.526. The molecule has 0 atom stereocenters. The summed E-state index contributed by atoms with van der Waals surface area (Å²) in [6.45, 7) is 9.88. The maximum absolute atomic E-state index is 13.1. The first-order chi connectivity index (χ1) is 13.3.